The minimum absolute atomic E-state index is 0.359. The summed E-state index contributed by atoms with van der Waals surface area (Å²) in [6, 6.07) is 2.61. The van der Waals surface area contributed by atoms with Crippen LogP contribution >= 0.6 is 0 Å². The van der Waals surface area contributed by atoms with E-state index in [4.69, 9.17) is 5.11 Å². The molecule has 6 heteroatoms. The van der Waals surface area contributed by atoms with Crippen LogP contribution in [0, 0.1) is 6.92 Å². The number of carbonyl (C=O) groups is 1. The Morgan fingerprint density at radius 1 is 1.60 bits per heavy atom. The van der Waals surface area contributed by atoms with E-state index in [1.807, 2.05) is 0 Å². The van der Waals surface area contributed by atoms with Gasteiger partial charge >= 0.3 is 5.97 Å². The summed E-state index contributed by atoms with van der Waals surface area (Å²) >= 11 is 0. The van der Waals surface area contributed by atoms with Gasteiger partial charge < -0.3 is 15.2 Å². The van der Waals surface area contributed by atoms with Crippen LogP contribution in [-0.2, 0) is 9.53 Å². The van der Waals surface area contributed by atoms with E-state index in [2.05, 4.69) is 20.3 Å². The third-order valence-electron chi connectivity index (χ3n) is 1.79. The van der Waals surface area contributed by atoms with Gasteiger partial charge in [0.15, 0.2) is 0 Å². The van der Waals surface area contributed by atoms with Crippen molar-refractivity contribution in [2.24, 2.45) is 0 Å². The summed E-state index contributed by atoms with van der Waals surface area (Å²) in [6.07, 6.45) is 0. The first-order valence-electron chi connectivity index (χ1n) is 4.43. The smallest absolute Gasteiger partial charge is 0.330 e. The zero-order valence-electron chi connectivity index (χ0n) is 8.60. The number of rotatable bonds is 4. The molecule has 0 bridgehead atoms. The molecule has 82 valence electrons. The lowest BCUT2D eigenvalue weighted by atomic mass is 10.3. The third kappa shape index (κ3) is 3.17. The van der Waals surface area contributed by atoms with E-state index in [0.717, 1.165) is 5.69 Å². The highest BCUT2D eigenvalue weighted by Gasteiger charge is 2.17. The first-order valence-corrected chi connectivity index (χ1v) is 4.43. The van der Waals surface area contributed by atoms with Crippen molar-refractivity contribution in [2.45, 2.75) is 13.0 Å². The van der Waals surface area contributed by atoms with E-state index in [-0.39, 0.29) is 6.61 Å². The van der Waals surface area contributed by atoms with Crippen molar-refractivity contribution in [3.8, 4) is 0 Å². The van der Waals surface area contributed by atoms with Gasteiger partial charge in [0.2, 0.25) is 0 Å². The summed E-state index contributed by atoms with van der Waals surface area (Å²) in [5.41, 5.74) is 0.777. The van der Waals surface area contributed by atoms with Crippen LogP contribution in [0.1, 0.15) is 5.69 Å². The summed E-state index contributed by atoms with van der Waals surface area (Å²) in [5.74, 6) is -0.120. The average Bonchev–Trinajstić information content (AvgIpc) is 2.27. The summed E-state index contributed by atoms with van der Waals surface area (Å²) in [5, 5.41) is 19.2. The van der Waals surface area contributed by atoms with Crippen molar-refractivity contribution in [2.75, 3.05) is 19.0 Å². The second kappa shape index (κ2) is 5.26. The van der Waals surface area contributed by atoms with Crippen LogP contribution in [0.4, 0.5) is 5.82 Å². The van der Waals surface area contributed by atoms with Gasteiger partial charge in [-0.05, 0) is 19.1 Å². The van der Waals surface area contributed by atoms with E-state index in [1.165, 1.54) is 7.11 Å². The van der Waals surface area contributed by atoms with E-state index in [9.17, 15) is 4.79 Å². The molecule has 0 saturated heterocycles. The highest BCUT2D eigenvalue weighted by atomic mass is 16.5. The minimum atomic E-state index is -0.813. The third-order valence-corrected chi connectivity index (χ3v) is 1.79. The first kappa shape index (κ1) is 11.4. The number of aliphatic hydroxyl groups excluding tert-OH is 1. The number of carbonyl (C=O) groups excluding carboxylic acids is 1. The van der Waals surface area contributed by atoms with Gasteiger partial charge in [0.05, 0.1) is 19.4 Å². The Bertz CT molecular complexity index is 326. The summed E-state index contributed by atoms with van der Waals surface area (Å²) in [6.45, 7) is 1.45. The molecule has 0 fully saturated rings. The standard InChI is InChI=1S/C9H13N3O3/c1-6-3-4-8(12-11-6)10-7(5-13)9(14)15-2/h3-4,7,13H,5H2,1-2H3,(H,10,12). The Labute approximate surface area is 87.3 Å². The molecule has 0 spiro atoms. The van der Waals surface area contributed by atoms with Crippen LogP contribution in [0.3, 0.4) is 0 Å². The van der Waals surface area contributed by atoms with Crippen LogP contribution in [0.25, 0.3) is 0 Å². The monoisotopic (exact) mass is 211 g/mol. The molecule has 0 saturated carbocycles. The summed E-state index contributed by atoms with van der Waals surface area (Å²) in [7, 11) is 1.26. The number of hydrogen-bond acceptors (Lipinski definition) is 6. The molecular weight excluding hydrogens is 198 g/mol. The number of nitrogens with one attached hydrogen (secondary N) is 1. The van der Waals surface area contributed by atoms with Crippen molar-refractivity contribution in [1.29, 1.82) is 0 Å². The lowest BCUT2D eigenvalue weighted by Gasteiger charge is -2.13. The molecule has 15 heavy (non-hydrogen) atoms. The van der Waals surface area contributed by atoms with Crippen LogP contribution in [0.2, 0.25) is 0 Å². The normalized spacial score (nSPS) is 11.9. The van der Waals surface area contributed by atoms with Crippen molar-refractivity contribution in [3.05, 3.63) is 17.8 Å². The highest BCUT2D eigenvalue weighted by Crippen LogP contribution is 2.04. The van der Waals surface area contributed by atoms with Gasteiger partial charge in [0.25, 0.3) is 0 Å². The Hall–Kier alpha value is -1.69. The van der Waals surface area contributed by atoms with Gasteiger partial charge in [-0.25, -0.2) is 4.79 Å². The Kier molecular flexibility index (Phi) is 3.99. The average molecular weight is 211 g/mol. The molecule has 1 unspecified atom stereocenters. The molecule has 1 rings (SSSR count). The molecule has 2 N–H and O–H groups in total. The Balaban J connectivity index is 2.66. The lowest BCUT2D eigenvalue weighted by Crippen LogP contribution is -2.34. The van der Waals surface area contributed by atoms with E-state index < -0.39 is 12.0 Å². The summed E-state index contributed by atoms with van der Waals surface area (Å²) in [4.78, 5) is 11.1. The fourth-order valence-electron chi connectivity index (χ4n) is 0.976. The molecule has 1 aromatic rings. The van der Waals surface area contributed by atoms with Crippen molar-refractivity contribution >= 4 is 11.8 Å². The predicted octanol–water partition coefficient (Wildman–Crippen LogP) is -0.269. The van der Waals surface area contributed by atoms with E-state index in [0.29, 0.717) is 5.82 Å². The Morgan fingerprint density at radius 2 is 2.33 bits per heavy atom. The van der Waals surface area contributed by atoms with Gasteiger partial charge in [0, 0.05) is 0 Å². The molecule has 0 amide bonds. The molecule has 0 radical (unpaired) electrons. The number of aliphatic hydroxyl groups is 1. The van der Waals surface area contributed by atoms with Gasteiger partial charge in [-0.15, -0.1) is 5.10 Å². The van der Waals surface area contributed by atoms with Crippen LogP contribution in [-0.4, -0.2) is 41.0 Å². The van der Waals surface area contributed by atoms with Crippen LogP contribution < -0.4 is 5.32 Å². The predicted molar refractivity (Wildman–Crippen MR) is 53.3 cm³/mol. The molecule has 0 aliphatic heterocycles. The molecule has 1 aromatic heterocycles. The van der Waals surface area contributed by atoms with Gasteiger partial charge in [-0.2, -0.15) is 5.10 Å². The maximum absolute atomic E-state index is 11.1. The molecule has 0 aliphatic carbocycles. The zero-order valence-corrected chi connectivity index (χ0v) is 8.60. The highest BCUT2D eigenvalue weighted by molar-refractivity contribution is 5.78. The van der Waals surface area contributed by atoms with Gasteiger partial charge in [-0.1, -0.05) is 0 Å². The molecule has 6 nitrogen and oxygen atoms in total. The number of hydrogen-bond donors (Lipinski definition) is 2. The molecular formula is C9H13N3O3. The van der Waals surface area contributed by atoms with Crippen molar-refractivity contribution in [3.63, 3.8) is 0 Å². The fraction of sp³-hybridized carbons (Fsp3) is 0.444. The molecule has 1 heterocycles. The van der Waals surface area contributed by atoms with E-state index >= 15 is 0 Å². The minimum Gasteiger partial charge on any atom is -0.467 e. The number of aromatic nitrogens is 2. The number of ether oxygens (including phenoxy) is 1. The lowest BCUT2D eigenvalue weighted by molar-refractivity contribution is -0.142. The molecule has 1 atom stereocenters. The quantitative estimate of drug-likeness (QED) is 0.667. The summed E-state index contributed by atoms with van der Waals surface area (Å²) < 4.78 is 4.49. The molecule has 0 aromatic carbocycles. The number of nitrogens with zero attached hydrogens (tertiary/aromatic N) is 2. The van der Waals surface area contributed by atoms with Gasteiger partial charge in [0.1, 0.15) is 11.9 Å². The topological polar surface area (TPSA) is 84.3 Å². The van der Waals surface area contributed by atoms with Crippen LogP contribution in [0.5, 0.6) is 0 Å². The number of methoxy groups -OCH3 is 1. The largest absolute Gasteiger partial charge is 0.467 e. The maximum Gasteiger partial charge on any atom is 0.330 e. The SMILES string of the molecule is COC(=O)C(CO)Nc1ccc(C)nn1. The van der Waals surface area contributed by atoms with Crippen molar-refractivity contribution in [1.82, 2.24) is 10.2 Å². The Morgan fingerprint density at radius 3 is 2.80 bits per heavy atom. The van der Waals surface area contributed by atoms with Gasteiger partial charge in [-0.3, -0.25) is 0 Å². The fourth-order valence-corrected chi connectivity index (χ4v) is 0.976. The number of esters is 1. The second-order valence-electron chi connectivity index (χ2n) is 2.96. The number of anilines is 1. The second-order valence-corrected chi connectivity index (χ2v) is 2.96. The maximum atomic E-state index is 11.1. The van der Waals surface area contributed by atoms with E-state index in [1.54, 1.807) is 19.1 Å². The number of aryl methyl sites for hydroxylation is 1. The van der Waals surface area contributed by atoms with Crippen molar-refractivity contribution < 1.29 is 14.6 Å². The first-order chi connectivity index (χ1) is 7.17. The molecule has 0 aliphatic rings. The zero-order chi connectivity index (χ0) is 11.3. The van der Waals surface area contributed by atoms with Crippen LogP contribution in [0.15, 0.2) is 12.1 Å².